The van der Waals surface area contributed by atoms with Gasteiger partial charge in [-0.15, -0.1) is 0 Å². The van der Waals surface area contributed by atoms with Crippen molar-refractivity contribution >= 4 is 23.3 Å². The van der Waals surface area contributed by atoms with Crippen molar-refractivity contribution in [2.45, 2.75) is 26.5 Å². The Morgan fingerprint density at radius 1 is 1.35 bits per heavy atom. The molecule has 0 aliphatic carbocycles. The first-order valence-electron chi connectivity index (χ1n) is 8.02. The fourth-order valence-electron chi connectivity index (χ4n) is 2.20. The molecule has 142 valence electrons. The van der Waals surface area contributed by atoms with E-state index < -0.39 is 5.91 Å². The Labute approximate surface area is 156 Å². The van der Waals surface area contributed by atoms with Gasteiger partial charge < -0.3 is 25.8 Å². The summed E-state index contributed by atoms with van der Waals surface area (Å²) in [5, 5.41) is 13.2. The van der Waals surface area contributed by atoms with Gasteiger partial charge in [0, 0.05) is 36.3 Å². The van der Waals surface area contributed by atoms with Crippen LogP contribution in [0.4, 0.5) is 5.82 Å². The number of carbonyl (C=O) groups is 1. The predicted octanol–water partition coefficient (Wildman–Crippen LogP) is 1.62. The second-order valence-corrected chi connectivity index (χ2v) is 6.13. The number of carbonyl (C=O) groups excluding carboxylic acids is 1. The molecule has 0 saturated heterocycles. The summed E-state index contributed by atoms with van der Waals surface area (Å²) in [6, 6.07) is 3.52. The van der Waals surface area contributed by atoms with Crippen LogP contribution >= 0.6 is 11.6 Å². The molecular formula is C16H22ClN5O4. The molecule has 1 aromatic heterocycles. The van der Waals surface area contributed by atoms with Gasteiger partial charge in [0.15, 0.2) is 11.5 Å². The topological polar surface area (TPSA) is 125 Å². The van der Waals surface area contributed by atoms with Crippen molar-refractivity contribution in [3.05, 3.63) is 28.4 Å². The number of nitrogen functional groups attached to an aromatic ring is 1. The average molecular weight is 384 g/mol. The van der Waals surface area contributed by atoms with E-state index >= 15 is 0 Å². The van der Waals surface area contributed by atoms with Gasteiger partial charge in [0.05, 0.1) is 13.2 Å². The number of nitrogens with zero attached hydrogens (tertiary/aromatic N) is 2. The summed E-state index contributed by atoms with van der Waals surface area (Å²) >= 11 is 6.14. The van der Waals surface area contributed by atoms with Gasteiger partial charge >= 0.3 is 0 Å². The number of halogens is 1. The van der Waals surface area contributed by atoms with E-state index in [1.54, 1.807) is 13.2 Å². The number of amides is 1. The first kappa shape index (κ1) is 19.8. The van der Waals surface area contributed by atoms with E-state index in [-0.39, 0.29) is 17.6 Å². The maximum atomic E-state index is 11.8. The number of hydrogen-bond acceptors (Lipinski definition) is 8. The van der Waals surface area contributed by atoms with Gasteiger partial charge in [0.25, 0.3) is 5.91 Å². The minimum absolute atomic E-state index is 0.00959. The minimum atomic E-state index is -0.446. The number of rotatable bonds is 9. The molecule has 26 heavy (non-hydrogen) atoms. The zero-order chi connectivity index (χ0) is 19.1. The van der Waals surface area contributed by atoms with Crippen LogP contribution in [0.3, 0.4) is 0 Å². The molecule has 0 bridgehead atoms. The number of methoxy groups -OCH3 is 1. The molecule has 10 heteroatoms. The molecule has 1 aromatic carbocycles. The van der Waals surface area contributed by atoms with E-state index in [9.17, 15) is 4.79 Å². The molecule has 9 nitrogen and oxygen atoms in total. The number of nitrogens with two attached hydrogens (primary N) is 1. The van der Waals surface area contributed by atoms with Crippen LogP contribution < -0.4 is 25.8 Å². The maximum Gasteiger partial charge on any atom is 0.277 e. The molecule has 0 aliphatic heterocycles. The van der Waals surface area contributed by atoms with Crippen LogP contribution in [0.15, 0.2) is 16.8 Å². The van der Waals surface area contributed by atoms with Crippen molar-refractivity contribution in [3.8, 4) is 11.5 Å². The van der Waals surface area contributed by atoms with Crippen LogP contribution in [0.25, 0.3) is 0 Å². The molecule has 0 spiro atoms. The fraction of sp³-hybridized carbons (Fsp3) is 0.438. The first-order chi connectivity index (χ1) is 12.4. The van der Waals surface area contributed by atoms with Crippen molar-refractivity contribution in [2.75, 3.05) is 25.9 Å². The molecule has 2 aromatic rings. The molecule has 0 aliphatic rings. The Morgan fingerprint density at radius 3 is 2.73 bits per heavy atom. The smallest absolute Gasteiger partial charge is 0.277 e. The minimum Gasteiger partial charge on any atom is -0.493 e. The Hall–Kier alpha value is -2.52. The Morgan fingerprint density at radius 2 is 2.12 bits per heavy atom. The highest BCUT2D eigenvalue weighted by Crippen LogP contribution is 2.35. The van der Waals surface area contributed by atoms with Crippen LogP contribution in [0, 0.1) is 0 Å². The normalized spacial score (nSPS) is 10.8. The van der Waals surface area contributed by atoms with Crippen molar-refractivity contribution in [2.24, 2.45) is 0 Å². The van der Waals surface area contributed by atoms with E-state index in [1.807, 2.05) is 19.9 Å². The van der Waals surface area contributed by atoms with Gasteiger partial charge in [-0.3, -0.25) is 4.79 Å². The molecule has 0 fully saturated rings. The molecule has 0 radical (unpaired) electrons. The van der Waals surface area contributed by atoms with Crippen LogP contribution in [-0.2, 0) is 6.54 Å². The van der Waals surface area contributed by atoms with E-state index in [1.165, 1.54) is 0 Å². The fourth-order valence-corrected chi connectivity index (χ4v) is 2.43. The van der Waals surface area contributed by atoms with Gasteiger partial charge in [0.1, 0.15) is 0 Å². The van der Waals surface area contributed by atoms with Gasteiger partial charge in [-0.05, 0) is 30.2 Å². The summed E-state index contributed by atoms with van der Waals surface area (Å²) in [7, 11) is 1.57. The highest BCUT2D eigenvalue weighted by atomic mass is 35.5. The SMILES string of the molecule is COc1cc(Cl)cc(CNCCNC(=O)c2nonc2N)c1OC(C)C. The molecule has 1 amide bonds. The van der Waals surface area contributed by atoms with E-state index in [0.29, 0.717) is 36.2 Å². The summed E-state index contributed by atoms with van der Waals surface area (Å²) < 4.78 is 15.6. The quantitative estimate of drug-likeness (QED) is 0.558. The van der Waals surface area contributed by atoms with Gasteiger partial charge in [-0.25, -0.2) is 4.63 Å². The zero-order valence-corrected chi connectivity index (χ0v) is 15.6. The van der Waals surface area contributed by atoms with E-state index in [4.69, 9.17) is 26.8 Å². The summed E-state index contributed by atoms with van der Waals surface area (Å²) in [5.74, 6) is 0.728. The number of nitrogens with one attached hydrogen (secondary N) is 2. The summed E-state index contributed by atoms with van der Waals surface area (Å²) in [6.07, 6.45) is -0.00959. The third kappa shape index (κ3) is 5.24. The van der Waals surface area contributed by atoms with Gasteiger partial charge in [-0.2, -0.15) is 0 Å². The highest BCUT2D eigenvalue weighted by Gasteiger charge is 2.16. The third-order valence-electron chi connectivity index (χ3n) is 3.30. The first-order valence-corrected chi connectivity index (χ1v) is 8.40. The summed E-state index contributed by atoms with van der Waals surface area (Å²) in [6.45, 7) is 5.23. The molecule has 0 unspecified atom stereocenters. The lowest BCUT2D eigenvalue weighted by Gasteiger charge is -2.18. The predicted molar refractivity (Wildman–Crippen MR) is 96.5 cm³/mol. The number of aromatic nitrogens is 2. The van der Waals surface area contributed by atoms with Crippen molar-refractivity contribution < 1.29 is 18.9 Å². The van der Waals surface area contributed by atoms with Gasteiger partial charge in [-0.1, -0.05) is 11.6 Å². The van der Waals surface area contributed by atoms with Crippen LogP contribution in [0.5, 0.6) is 11.5 Å². The molecule has 0 atom stereocenters. The highest BCUT2D eigenvalue weighted by molar-refractivity contribution is 6.30. The average Bonchev–Trinajstić information content (AvgIpc) is 3.02. The Bertz CT molecular complexity index is 750. The second kappa shape index (κ2) is 9.25. The molecule has 2 rings (SSSR count). The lowest BCUT2D eigenvalue weighted by atomic mass is 10.1. The lowest BCUT2D eigenvalue weighted by molar-refractivity contribution is 0.0944. The van der Waals surface area contributed by atoms with Gasteiger partial charge in [0.2, 0.25) is 11.5 Å². The number of hydrogen-bond donors (Lipinski definition) is 3. The molecule has 1 heterocycles. The number of anilines is 1. The zero-order valence-electron chi connectivity index (χ0n) is 14.8. The second-order valence-electron chi connectivity index (χ2n) is 5.69. The monoisotopic (exact) mass is 383 g/mol. The standard InChI is InChI=1S/C16H22ClN5O4/c1-9(2)25-14-10(6-11(17)7-12(14)24-3)8-19-4-5-20-16(23)13-15(18)22-26-21-13/h6-7,9,19H,4-5,8H2,1-3H3,(H2,18,22)(H,20,23). The van der Waals surface area contributed by atoms with Crippen molar-refractivity contribution in [1.82, 2.24) is 20.9 Å². The largest absolute Gasteiger partial charge is 0.493 e. The van der Waals surface area contributed by atoms with Crippen molar-refractivity contribution in [1.29, 1.82) is 0 Å². The Balaban J connectivity index is 1.90. The van der Waals surface area contributed by atoms with Crippen LogP contribution in [0.2, 0.25) is 5.02 Å². The number of benzene rings is 1. The van der Waals surface area contributed by atoms with E-state index in [2.05, 4.69) is 25.6 Å². The van der Waals surface area contributed by atoms with Crippen LogP contribution in [-0.4, -0.2) is 42.5 Å². The van der Waals surface area contributed by atoms with Crippen LogP contribution in [0.1, 0.15) is 29.9 Å². The third-order valence-corrected chi connectivity index (χ3v) is 3.52. The molecule has 4 N–H and O–H groups in total. The maximum absolute atomic E-state index is 11.8. The Kier molecular flexibility index (Phi) is 7.05. The van der Waals surface area contributed by atoms with E-state index in [0.717, 1.165) is 5.56 Å². The molecular weight excluding hydrogens is 362 g/mol. The number of ether oxygens (including phenoxy) is 2. The van der Waals surface area contributed by atoms with Crippen molar-refractivity contribution in [3.63, 3.8) is 0 Å². The summed E-state index contributed by atoms with van der Waals surface area (Å²) in [4.78, 5) is 11.8. The summed E-state index contributed by atoms with van der Waals surface area (Å²) in [5.41, 5.74) is 6.29. The lowest BCUT2D eigenvalue weighted by Crippen LogP contribution is -2.32. The molecule has 0 saturated carbocycles.